The maximum Gasteiger partial charge on any atom is 0.306 e. The molecule has 1 fully saturated rings. The lowest BCUT2D eigenvalue weighted by Gasteiger charge is -2.22. The van der Waals surface area contributed by atoms with Crippen LogP contribution in [0.1, 0.15) is 37.0 Å². The van der Waals surface area contributed by atoms with Gasteiger partial charge in [0, 0.05) is 35.9 Å². The standard InChI is InChI=1S/C14H23N3O2S/c1-10(15)13(11-7-16-17(2)8-11)20-9-14(4-5-14)6-12(18)19-3/h7-8,10,13H,4-6,9,15H2,1-3H3. The van der Waals surface area contributed by atoms with Gasteiger partial charge < -0.3 is 10.5 Å². The van der Waals surface area contributed by atoms with Gasteiger partial charge in [-0.1, -0.05) is 0 Å². The molecule has 2 atom stereocenters. The fourth-order valence-electron chi connectivity index (χ4n) is 2.33. The lowest BCUT2D eigenvalue weighted by atomic mass is 10.1. The normalized spacial score (nSPS) is 19.4. The molecule has 2 N–H and O–H groups in total. The number of carbonyl (C=O) groups excluding carboxylic acids is 1. The summed E-state index contributed by atoms with van der Waals surface area (Å²) in [5.41, 5.74) is 7.39. The number of esters is 1. The third-order valence-corrected chi connectivity index (χ3v) is 5.64. The highest BCUT2D eigenvalue weighted by Gasteiger charge is 2.45. The number of nitrogens with zero attached hydrogens (tertiary/aromatic N) is 2. The van der Waals surface area contributed by atoms with Gasteiger partial charge in [0.15, 0.2) is 0 Å². The number of ether oxygens (including phenoxy) is 1. The number of methoxy groups -OCH3 is 1. The maximum absolute atomic E-state index is 11.4. The summed E-state index contributed by atoms with van der Waals surface area (Å²) in [6.45, 7) is 2.02. The van der Waals surface area contributed by atoms with Gasteiger partial charge in [0.2, 0.25) is 0 Å². The predicted octanol–water partition coefficient (Wildman–Crippen LogP) is 1.88. The number of aromatic nitrogens is 2. The molecule has 6 heteroatoms. The largest absolute Gasteiger partial charge is 0.469 e. The van der Waals surface area contributed by atoms with Gasteiger partial charge in [-0.3, -0.25) is 9.48 Å². The van der Waals surface area contributed by atoms with Crippen molar-refractivity contribution >= 4 is 17.7 Å². The minimum absolute atomic E-state index is 0.0538. The van der Waals surface area contributed by atoms with Crippen molar-refractivity contribution in [2.24, 2.45) is 18.2 Å². The van der Waals surface area contributed by atoms with Gasteiger partial charge in [-0.2, -0.15) is 16.9 Å². The monoisotopic (exact) mass is 297 g/mol. The lowest BCUT2D eigenvalue weighted by Crippen LogP contribution is -2.24. The fourth-order valence-corrected chi connectivity index (χ4v) is 3.87. The molecule has 0 radical (unpaired) electrons. The van der Waals surface area contributed by atoms with Crippen molar-refractivity contribution in [3.63, 3.8) is 0 Å². The lowest BCUT2D eigenvalue weighted by molar-refractivity contribution is -0.141. The zero-order valence-corrected chi connectivity index (χ0v) is 13.2. The number of carbonyl (C=O) groups is 1. The molecule has 1 aromatic rings. The van der Waals surface area contributed by atoms with Crippen LogP contribution in [0.5, 0.6) is 0 Å². The first-order chi connectivity index (χ1) is 9.46. The molecule has 0 bridgehead atoms. The van der Waals surface area contributed by atoms with Crippen molar-refractivity contribution in [2.45, 2.75) is 37.5 Å². The van der Waals surface area contributed by atoms with E-state index in [1.54, 1.807) is 4.68 Å². The van der Waals surface area contributed by atoms with Crippen LogP contribution >= 0.6 is 11.8 Å². The van der Waals surface area contributed by atoms with Gasteiger partial charge in [0.05, 0.1) is 19.7 Å². The Kier molecular flexibility index (Phi) is 4.75. The van der Waals surface area contributed by atoms with Crippen LogP contribution in [-0.4, -0.2) is 34.7 Å². The SMILES string of the molecule is COC(=O)CC1(CSC(c2cnn(C)c2)C(C)N)CC1. The second kappa shape index (κ2) is 6.18. The van der Waals surface area contributed by atoms with Gasteiger partial charge in [0.1, 0.15) is 0 Å². The number of rotatable bonds is 7. The number of nitrogens with two attached hydrogens (primary N) is 1. The Morgan fingerprint density at radius 3 is 2.80 bits per heavy atom. The molecular formula is C14H23N3O2S. The fraction of sp³-hybridized carbons (Fsp3) is 0.714. The summed E-state index contributed by atoms with van der Waals surface area (Å²) >= 11 is 1.83. The van der Waals surface area contributed by atoms with Crippen LogP contribution in [0.25, 0.3) is 0 Å². The van der Waals surface area contributed by atoms with E-state index in [0.717, 1.165) is 24.2 Å². The van der Waals surface area contributed by atoms with Crippen LogP contribution in [0.3, 0.4) is 0 Å². The smallest absolute Gasteiger partial charge is 0.306 e. The highest BCUT2D eigenvalue weighted by Crippen LogP contribution is 2.53. The Bertz CT molecular complexity index is 469. The second-order valence-electron chi connectivity index (χ2n) is 5.79. The average Bonchev–Trinajstić information content (AvgIpc) is 3.02. The third kappa shape index (κ3) is 3.76. The zero-order valence-electron chi connectivity index (χ0n) is 12.3. The molecule has 1 heterocycles. The molecule has 1 saturated carbocycles. The molecule has 2 rings (SSSR count). The van der Waals surface area contributed by atoms with Crippen molar-refractivity contribution in [1.29, 1.82) is 0 Å². The van der Waals surface area contributed by atoms with Gasteiger partial charge in [-0.05, 0) is 25.2 Å². The first-order valence-electron chi connectivity index (χ1n) is 6.88. The third-order valence-electron chi connectivity index (χ3n) is 3.80. The maximum atomic E-state index is 11.4. The number of thioether (sulfide) groups is 1. The number of hydrogen-bond acceptors (Lipinski definition) is 5. The van der Waals surface area contributed by atoms with E-state index in [-0.39, 0.29) is 22.7 Å². The second-order valence-corrected chi connectivity index (χ2v) is 6.92. The molecule has 20 heavy (non-hydrogen) atoms. The Balaban J connectivity index is 1.95. The molecule has 0 saturated heterocycles. The highest BCUT2D eigenvalue weighted by molar-refractivity contribution is 7.99. The molecule has 1 aliphatic rings. The van der Waals surface area contributed by atoms with E-state index in [4.69, 9.17) is 10.5 Å². The first-order valence-corrected chi connectivity index (χ1v) is 7.93. The Labute approximate surface area is 124 Å². The summed E-state index contributed by atoms with van der Waals surface area (Å²) < 4.78 is 6.58. The molecule has 0 aromatic carbocycles. The van der Waals surface area contributed by atoms with E-state index in [1.165, 1.54) is 7.11 Å². The average molecular weight is 297 g/mol. The van der Waals surface area contributed by atoms with Gasteiger partial charge in [-0.15, -0.1) is 0 Å². The minimum atomic E-state index is -0.109. The molecule has 5 nitrogen and oxygen atoms in total. The molecule has 112 valence electrons. The van der Waals surface area contributed by atoms with E-state index in [0.29, 0.717) is 6.42 Å². The van der Waals surface area contributed by atoms with E-state index < -0.39 is 0 Å². The molecule has 2 unspecified atom stereocenters. The van der Waals surface area contributed by atoms with Crippen LogP contribution in [-0.2, 0) is 16.6 Å². The molecule has 1 aliphatic carbocycles. The van der Waals surface area contributed by atoms with Gasteiger partial charge in [-0.25, -0.2) is 0 Å². The first kappa shape index (κ1) is 15.4. The zero-order chi connectivity index (χ0) is 14.8. The molecule has 0 amide bonds. The van der Waals surface area contributed by atoms with Crippen LogP contribution in [0, 0.1) is 5.41 Å². The van der Waals surface area contributed by atoms with E-state index >= 15 is 0 Å². The van der Waals surface area contributed by atoms with Crippen molar-refractivity contribution in [3.05, 3.63) is 18.0 Å². The molecular weight excluding hydrogens is 274 g/mol. The van der Waals surface area contributed by atoms with E-state index in [1.807, 2.05) is 38.1 Å². The molecule has 0 spiro atoms. The Morgan fingerprint density at radius 1 is 1.65 bits per heavy atom. The van der Waals surface area contributed by atoms with Gasteiger partial charge >= 0.3 is 5.97 Å². The van der Waals surface area contributed by atoms with Crippen LogP contribution < -0.4 is 5.73 Å². The summed E-state index contributed by atoms with van der Waals surface area (Å²) in [7, 11) is 3.36. The summed E-state index contributed by atoms with van der Waals surface area (Å²) in [5.74, 6) is 0.838. The molecule has 1 aromatic heterocycles. The summed E-state index contributed by atoms with van der Waals surface area (Å²) in [4.78, 5) is 11.4. The quantitative estimate of drug-likeness (QED) is 0.778. The van der Waals surface area contributed by atoms with Crippen molar-refractivity contribution in [2.75, 3.05) is 12.9 Å². The summed E-state index contributed by atoms with van der Waals surface area (Å²) in [6.07, 6.45) is 6.62. The van der Waals surface area contributed by atoms with Crippen LogP contribution in [0.15, 0.2) is 12.4 Å². The van der Waals surface area contributed by atoms with E-state index in [2.05, 4.69) is 5.10 Å². The van der Waals surface area contributed by atoms with Crippen molar-refractivity contribution < 1.29 is 9.53 Å². The number of hydrogen-bond donors (Lipinski definition) is 1. The summed E-state index contributed by atoms with van der Waals surface area (Å²) in [6, 6.07) is 0.0538. The Hall–Kier alpha value is -1.01. The van der Waals surface area contributed by atoms with Crippen LogP contribution in [0.2, 0.25) is 0 Å². The predicted molar refractivity (Wildman–Crippen MR) is 80.4 cm³/mol. The number of aryl methyl sites for hydroxylation is 1. The topological polar surface area (TPSA) is 70.1 Å². The molecule has 0 aliphatic heterocycles. The van der Waals surface area contributed by atoms with Crippen LogP contribution in [0.4, 0.5) is 0 Å². The van der Waals surface area contributed by atoms with E-state index in [9.17, 15) is 4.79 Å². The summed E-state index contributed by atoms with van der Waals surface area (Å²) in [5, 5.41) is 4.44. The van der Waals surface area contributed by atoms with Crippen molar-refractivity contribution in [3.8, 4) is 0 Å². The Morgan fingerprint density at radius 2 is 2.35 bits per heavy atom. The van der Waals surface area contributed by atoms with Gasteiger partial charge in [0.25, 0.3) is 0 Å². The highest BCUT2D eigenvalue weighted by atomic mass is 32.2. The van der Waals surface area contributed by atoms with Crippen molar-refractivity contribution in [1.82, 2.24) is 9.78 Å². The minimum Gasteiger partial charge on any atom is -0.469 e.